The Hall–Kier alpha value is -1.14. The normalized spacial score (nSPS) is 11.9. The highest BCUT2D eigenvalue weighted by Gasteiger charge is 2.16. The van der Waals surface area contributed by atoms with Gasteiger partial charge in [0.2, 0.25) is 11.8 Å². The van der Waals surface area contributed by atoms with Crippen molar-refractivity contribution in [3.63, 3.8) is 0 Å². The van der Waals surface area contributed by atoms with Crippen LogP contribution >= 0.6 is 22.9 Å². The van der Waals surface area contributed by atoms with Gasteiger partial charge in [0.25, 0.3) is 0 Å². The number of aromatic nitrogens is 1. The second-order valence-corrected chi connectivity index (χ2v) is 5.33. The monoisotopic (exact) mass is 303 g/mol. The summed E-state index contributed by atoms with van der Waals surface area (Å²) in [4.78, 5) is 27.5. The highest BCUT2D eigenvalue weighted by Crippen LogP contribution is 2.12. The summed E-state index contributed by atoms with van der Waals surface area (Å²) in [6.07, 6.45) is 1.04. The zero-order chi connectivity index (χ0) is 14.3. The van der Waals surface area contributed by atoms with E-state index in [-0.39, 0.29) is 18.2 Å². The first kappa shape index (κ1) is 15.9. The molecule has 0 saturated heterocycles. The van der Waals surface area contributed by atoms with E-state index in [9.17, 15) is 9.59 Å². The molecule has 0 bridgehead atoms. The zero-order valence-electron chi connectivity index (χ0n) is 11.0. The van der Waals surface area contributed by atoms with Crippen LogP contribution in [-0.4, -0.2) is 29.4 Å². The summed E-state index contributed by atoms with van der Waals surface area (Å²) in [6.45, 7) is 4.25. The molecule has 1 aromatic rings. The molecule has 1 atom stereocenters. The van der Waals surface area contributed by atoms with E-state index in [1.54, 1.807) is 6.92 Å². The van der Waals surface area contributed by atoms with Gasteiger partial charge in [-0.15, -0.1) is 22.9 Å². The predicted molar refractivity (Wildman–Crippen MR) is 76.3 cm³/mol. The zero-order valence-corrected chi connectivity index (χ0v) is 12.6. The molecule has 1 unspecified atom stereocenters. The molecule has 0 aliphatic heterocycles. The minimum absolute atomic E-state index is 0.171. The Morgan fingerprint density at radius 1 is 1.53 bits per heavy atom. The third kappa shape index (κ3) is 5.57. The lowest BCUT2D eigenvalue weighted by molar-refractivity contribution is -0.128. The number of nitrogens with zero attached hydrogens (tertiary/aromatic N) is 1. The number of halogens is 1. The molecule has 19 heavy (non-hydrogen) atoms. The van der Waals surface area contributed by atoms with Crippen LogP contribution in [0.2, 0.25) is 0 Å². The molecule has 5 nitrogen and oxygen atoms in total. The number of thiazole rings is 1. The second-order valence-electron chi connectivity index (χ2n) is 4.12. The summed E-state index contributed by atoms with van der Waals surface area (Å²) >= 11 is 7.04. The van der Waals surface area contributed by atoms with Crippen molar-refractivity contribution in [3.05, 3.63) is 16.1 Å². The van der Waals surface area contributed by atoms with Crippen molar-refractivity contribution < 1.29 is 9.59 Å². The van der Waals surface area contributed by atoms with Gasteiger partial charge in [-0.25, -0.2) is 4.98 Å². The summed E-state index contributed by atoms with van der Waals surface area (Å²) < 4.78 is 0. The molecule has 0 aromatic carbocycles. The molecule has 0 fully saturated rings. The van der Waals surface area contributed by atoms with Crippen LogP contribution in [0.3, 0.4) is 0 Å². The number of nitrogens with one attached hydrogen (secondary N) is 2. The standard InChI is InChI=1S/C12H18ClN3O2S/c1-3-4-14-12(18)8(2)15-10(17)5-11-16-9(6-13)7-19-11/h7-8H,3-6H2,1-2H3,(H,14,18)(H,15,17). The molecule has 1 heterocycles. The smallest absolute Gasteiger partial charge is 0.242 e. The van der Waals surface area contributed by atoms with E-state index in [2.05, 4.69) is 15.6 Å². The van der Waals surface area contributed by atoms with E-state index in [0.29, 0.717) is 17.4 Å². The van der Waals surface area contributed by atoms with Gasteiger partial charge in [0.1, 0.15) is 11.0 Å². The largest absolute Gasteiger partial charge is 0.354 e. The van der Waals surface area contributed by atoms with Crippen LogP contribution in [0.1, 0.15) is 31.0 Å². The van der Waals surface area contributed by atoms with Crippen LogP contribution in [0.5, 0.6) is 0 Å². The topological polar surface area (TPSA) is 71.1 Å². The fraction of sp³-hybridized carbons (Fsp3) is 0.583. The second kappa shape index (κ2) is 8.12. The molecule has 7 heteroatoms. The van der Waals surface area contributed by atoms with Crippen LogP contribution in [0, 0.1) is 0 Å². The Kier molecular flexibility index (Phi) is 6.80. The molecular formula is C12H18ClN3O2S. The molecular weight excluding hydrogens is 286 g/mol. The maximum atomic E-state index is 11.7. The average Bonchev–Trinajstić information content (AvgIpc) is 2.83. The Balaban J connectivity index is 2.39. The summed E-state index contributed by atoms with van der Waals surface area (Å²) in [5, 5.41) is 7.91. The van der Waals surface area contributed by atoms with Crippen LogP contribution in [0.15, 0.2) is 5.38 Å². The fourth-order valence-electron chi connectivity index (χ4n) is 1.39. The van der Waals surface area contributed by atoms with E-state index in [0.717, 1.165) is 12.1 Å². The van der Waals surface area contributed by atoms with Crippen molar-refractivity contribution in [3.8, 4) is 0 Å². The summed E-state index contributed by atoms with van der Waals surface area (Å²) in [6, 6.07) is -0.536. The summed E-state index contributed by atoms with van der Waals surface area (Å²) in [5.74, 6) is -0.0427. The lowest BCUT2D eigenvalue weighted by atomic mass is 10.3. The molecule has 0 saturated carbocycles. The third-order valence-corrected chi connectivity index (χ3v) is 3.54. The van der Waals surface area contributed by atoms with Gasteiger partial charge < -0.3 is 10.6 Å². The average molecular weight is 304 g/mol. The van der Waals surface area contributed by atoms with Gasteiger partial charge in [0.05, 0.1) is 18.0 Å². The number of alkyl halides is 1. The number of hydrogen-bond acceptors (Lipinski definition) is 4. The molecule has 0 spiro atoms. The lowest BCUT2D eigenvalue weighted by Crippen LogP contribution is -2.45. The van der Waals surface area contributed by atoms with Crippen molar-refractivity contribution in [1.82, 2.24) is 15.6 Å². The molecule has 106 valence electrons. The molecule has 0 aliphatic carbocycles. The van der Waals surface area contributed by atoms with Crippen LogP contribution in [-0.2, 0) is 21.9 Å². The summed E-state index contributed by atoms with van der Waals surface area (Å²) in [7, 11) is 0. The van der Waals surface area contributed by atoms with E-state index in [1.165, 1.54) is 11.3 Å². The maximum Gasteiger partial charge on any atom is 0.242 e. The Morgan fingerprint density at radius 3 is 2.84 bits per heavy atom. The van der Waals surface area contributed by atoms with E-state index in [4.69, 9.17) is 11.6 Å². The van der Waals surface area contributed by atoms with Gasteiger partial charge in [-0.3, -0.25) is 9.59 Å². The quantitative estimate of drug-likeness (QED) is 0.749. The molecule has 2 amide bonds. The van der Waals surface area contributed by atoms with Crippen molar-refractivity contribution in [2.75, 3.05) is 6.54 Å². The van der Waals surface area contributed by atoms with Gasteiger partial charge in [-0.1, -0.05) is 6.92 Å². The van der Waals surface area contributed by atoms with Gasteiger partial charge in [-0.2, -0.15) is 0 Å². The fourth-order valence-corrected chi connectivity index (χ4v) is 2.41. The minimum atomic E-state index is -0.536. The molecule has 1 rings (SSSR count). The minimum Gasteiger partial charge on any atom is -0.354 e. The van der Waals surface area contributed by atoms with Gasteiger partial charge >= 0.3 is 0 Å². The van der Waals surface area contributed by atoms with E-state index < -0.39 is 6.04 Å². The van der Waals surface area contributed by atoms with Crippen molar-refractivity contribution >= 4 is 34.8 Å². The molecule has 0 radical (unpaired) electrons. The van der Waals surface area contributed by atoms with Gasteiger partial charge in [0, 0.05) is 11.9 Å². The first-order chi connectivity index (χ1) is 9.06. The van der Waals surface area contributed by atoms with Crippen molar-refractivity contribution in [2.45, 2.75) is 38.6 Å². The number of amides is 2. The molecule has 2 N–H and O–H groups in total. The van der Waals surface area contributed by atoms with E-state index >= 15 is 0 Å². The maximum absolute atomic E-state index is 11.7. The number of hydrogen-bond donors (Lipinski definition) is 2. The third-order valence-electron chi connectivity index (χ3n) is 2.37. The Bertz CT molecular complexity index is 436. The van der Waals surface area contributed by atoms with Gasteiger partial charge in [0.15, 0.2) is 0 Å². The molecule has 1 aromatic heterocycles. The number of carbonyl (C=O) groups excluding carboxylic acids is 2. The first-order valence-electron chi connectivity index (χ1n) is 6.13. The van der Waals surface area contributed by atoms with Gasteiger partial charge in [-0.05, 0) is 13.3 Å². The van der Waals surface area contributed by atoms with Crippen molar-refractivity contribution in [2.24, 2.45) is 0 Å². The highest BCUT2D eigenvalue weighted by atomic mass is 35.5. The number of carbonyl (C=O) groups is 2. The van der Waals surface area contributed by atoms with Crippen LogP contribution in [0.25, 0.3) is 0 Å². The van der Waals surface area contributed by atoms with Crippen LogP contribution in [0.4, 0.5) is 0 Å². The molecule has 0 aliphatic rings. The first-order valence-corrected chi connectivity index (χ1v) is 7.54. The predicted octanol–water partition coefficient (Wildman–Crippen LogP) is 1.46. The Labute approximate surface area is 121 Å². The Morgan fingerprint density at radius 2 is 2.26 bits per heavy atom. The SMILES string of the molecule is CCCNC(=O)C(C)NC(=O)Cc1nc(CCl)cs1. The lowest BCUT2D eigenvalue weighted by Gasteiger charge is -2.13. The van der Waals surface area contributed by atoms with Crippen LogP contribution < -0.4 is 10.6 Å². The number of rotatable bonds is 7. The van der Waals surface area contributed by atoms with E-state index in [1.807, 2.05) is 12.3 Å². The summed E-state index contributed by atoms with van der Waals surface area (Å²) in [5.41, 5.74) is 0.767. The van der Waals surface area contributed by atoms with Crippen molar-refractivity contribution in [1.29, 1.82) is 0 Å². The highest BCUT2D eigenvalue weighted by molar-refractivity contribution is 7.09.